The fourth-order valence-electron chi connectivity index (χ4n) is 3.25. The molecular formula is C26H27FN2O4. The second-order valence-corrected chi connectivity index (χ2v) is 7.21. The van der Waals surface area contributed by atoms with Crippen molar-refractivity contribution in [1.82, 2.24) is 0 Å². The van der Waals surface area contributed by atoms with E-state index in [1.165, 1.54) is 12.1 Å². The molecule has 0 spiro atoms. The van der Waals surface area contributed by atoms with Crippen molar-refractivity contribution in [3.63, 3.8) is 0 Å². The van der Waals surface area contributed by atoms with Crippen LogP contribution in [0.2, 0.25) is 0 Å². The van der Waals surface area contributed by atoms with Gasteiger partial charge in [-0.25, -0.2) is 4.39 Å². The van der Waals surface area contributed by atoms with E-state index in [0.717, 1.165) is 5.56 Å². The molecule has 172 valence electrons. The molecule has 3 rings (SSSR count). The predicted molar refractivity (Wildman–Crippen MR) is 127 cm³/mol. The van der Waals surface area contributed by atoms with E-state index in [0.29, 0.717) is 48.1 Å². The van der Waals surface area contributed by atoms with Crippen LogP contribution in [-0.2, 0) is 11.2 Å². The van der Waals surface area contributed by atoms with Crippen molar-refractivity contribution in [2.45, 2.75) is 26.7 Å². The van der Waals surface area contributed by atoms with E-state index >= 15 is 0 Å². The monoisotopic (exact) mass is 450 g/mol. The molecule has 33 heavy (non-hydrogen) atoms. The number of anilines is 2. The normalized spacial score (nSPS) is 10.4. The van der Waals surface area contributed by atoms with Crippen LogP contribution in [0.1, 0.15) is 36.2 Å². The summed E-state index contributed by atoms with van der Waals surface area (Å²) in [5.41, 5.74) is 2.12. The minimum Gasteiger partial charge on any atom is -0.492 e. The molecule has 0 radical (unpaired) electrons. The Hall–Kier alpha value is -3.87. The highest BCUT2D eigenvalue weighted by Crippen LogP contribution is 2.37. The second kappa shape index (κ2) is 11.7. The van der Waals surface area contributed by atoms with Crippen molar-refractivity contribution >= 4 is 23.2 Å². The van der Waals surface area contributed by atoms with Crippen LogP contribution in [0.25, 0.3) is 0 Å². The molecule has 3 aromatic carbocycles. The van der Waals surface area contributed by atoms with Gasteiger partial charge in [0.15, 0.2) is 0 Å². The highest BCUT2D eigenvalue weighted by atomic mass is 19.1. The number of hydrogen-bond acceptors (Lipinski definition) is 4. The number of benzene rings is 3. The quantitative estimate of drug-likeness (QED) is 0.431. The highest BCUT2D eigenvalue weighted by Gasteiger charge is 2.17. The smallest absolute Gasteiger partial charge is 0.255 e. The molecule has 0 bridgehead atoms. The summed E-state index contributed by atoms with van der Waals surface area (Å²) in [6.07, 6.45) is 0.572. The molecule has 0 fully saturated rings. The zero-order chi connectivity index (χ0) is 23.6. The van der Waals surface area contributed by atoms with Crippen LogP contribution in [0, 0.1) is 5.82 Å². The Morgan fingerprint density at radius 2 is 1.45 bits per heavy atom. The van der Waals surface area contributed by atoms with Crippen LogP contribution in [0.5, 0.6) is 11.5 Å². The molecule has 7 heteroatoms. The van der Waals surface area contributed by atoms with Crippen molar-refractivity contribution in [2.75, 3.05) is 23.8 Å². The maximum absolute atomic E-state index is 13.4. The molecule has 6 nitrogen and oxygen atoms in total. The summed E-state index contributed by atoms with van der Waals surface area (Å²) in [4.78, 5) is 25.2. The number of amides is 2. The summed E-state index contributed by atoms with van der Waals surface area (Å²) in [7, 11) is 0. The van der Waals surface area contributed by atoms with Gasteiger partial charge in [0.2, 0.25) is 5.91 Å². The molecule has 0 aliphatic rings. The molecular weight excluding hydrogens is 423 g/mol. The third-order valence-electron chi connectivity index (χ3n) is 4.77. The predicted octanol–water partition coefficient (Wildman–Crippen LogP) is 5.45. The zero-order valence-corrected chi connectivity index (χ0v) is 18.7. The molecule has 0 saturated heterocycles. The number of nitrogens with one attached hydrogen (secondary N) is 2. The summed E-state index contributed by atoms with van der Waals surface area (Å²) in [5.74, 6) is -0.0512. The first kappa shape index (κ1) is 23.8. The van der Waals surface area contributed by atoms with E-state index in [1.54, 1.807) is 48.5 Å². The zero-order valence-electron chi connectivity index (χ0n) is 18.7. The van der Waals surface area contributed by atoms with Gasteiger partial charge in [0.05, 0.1) is 24.6 Å². The summed E-state index contributed by atoms with van der Waals surface area (Å²) >= 11 is 0. The number of halogens is 1. The number of rotatable bonds is 10. The van der Waals surface area contributed by atoms with Crippen LogP contribution in [0.3, 0.4) is 0 Å². The van der Waals surface area contributed by atoms with Gasteiger partial charge >= 0.3 is 0 Å². The Kier molecular flexibility index (Phi) is 8.41. The van der Waals surface area contributed by atoms with E-state index < -0.39 is 0 Å². The Morgan fingerprint density at radius 1 is 0.818 bits per heavy atom. The molecule has 0 aromatic heterocycles. The lowest BCUT2D eigenvalue weighted by Crippen LogP contribution is -2.16. The number of carbonyl (C=O) groups excluding carboxylic acids is 2. The van der Waals surface area contributed by atoms with Gasteiger partial charge in [0.25, 0.3) is 5.91 Å². The van der Waals surface area contributed by atoms with E-state index in [9.17, 15) is 14.0 Å². The molecule has 0 unspecified atom stereocenters. The van der Waals surface area contributed by atoms with Crippen LogP contribution in [0.4, 0.5) is 15.8 Å². The Bertz CT molecular complexity index is 1100. The third kappa shape index (κ3) is 6.80. The SMILES string of the molecule is CCOc1cc(NC(=O)c2ccccc2)c(OCC)cc1NC(=O)CCc1cccc(F)c1. The molecule has 2 N–H and O–H groups in total. The van der Waals surface area contributed by atoms with Gasteiger partial charge in [0, 0.05) is 24.1 Å². The van der Waals surface area contributed by atoms with Crippen LogP contribution < -0.4 is 20.1 Å². The molecule has 0 aliphatic carbocycles. The Labute approximate surface area is 192 Å². The van der Waals surface area contributed by atoms with Gasteiger partial charge in [0.1, 0.15) is 17.3 Å². The minimum absolute atomic E-state index is 0.172. The average molecular weight is 451 g/mol. The van der Waals surface area contributed by atoms with Crippen LogP contribution >= 0.6 is 0 Å². The molecule has 0 aliphatic heterocycles. The van der Waals surface area contributed by atoms with E-state index in [2.05, 4.69) is 10.6 Å². The topological polar surface area (TPSA) is 76.7 Å². The van der Waals surface area contributed by atoms with Gasteiger partial charge in [-0.3, -0.25) is 9.59 Å². The first-order valence-corrected chi connectivity index (χ1v) is 10.8. The maximum Gasteiger partial charge on any atom is 0.255 e. The van der Waals surface area contributed by atoms with Crippen molar-refractivity contribution < 1.29 is 23.5 Å². The lowest BCUT2D eigenvalue weighted by molar-refractivity contribution is -0.116. The Balaban J connectivity index is 1.79. The fraction of sp³-hybridized carbons (Fsp3) is 0.231. The largest absolute Gasteiger partial charge is 0.492 e. The summed E-state index contributed by atoms with van der Waals surface area (Å²) in [6.45, 7) is 4.39. The standard InChI is InChI=1S/C26H27FN2O4/c1-3-32-23-17-22(29-26(31)19-10-6-5-7-11-19)24(33-4-2)16-21(23)28-25(30)14-13-18-9-8-12-20(27)15-18/h5-12,15-17H,3-4,13-14H2,1-2H3,(H,28,30)(H,29,31). The second-order valence-electron chi connectivity index (χ2n) is 7.21. The number of ether oxygens (including phenoxy) is 2. The van der Waals surface area contributed by atoms with Gasteiger partial charge in [-0.2, -0.15) is 0 Å². The molecule has 0 atom stereocenters. The lowest BCUT2D eigenvalue weighted by atomic mass is 10.1. The van der Waals surface area contributed by atoms with Crippen molar-refractivity contribution in [2.24, 2.45) is 0 Å². The summed E-state index contributed by atoms with van der Waals surface area (Å²) < 4.78 is 24.8. The minimum atomic E-state index is -0.332. The molecule has 0 saturated carbocycles. The van der Waals surface area contributed by atoms with Gasteiger partial charge in [-0.1, -0.05) is 30.3 Å². The van der Waals surface area contributed by atoms with Crippen molar-refractivity contribution in [1.29, 1.82) is 0 Å². The highest BCUT2D eigenvalue weighted by molar-refractivity contribution is 6.05. The number of aryl methyl sites for hydroxylation is 1. The number of carbonyl (C=O) groups is 2. The molecule has 2 amide bonds. The first-order valence-electron chi connectivity index (χ1n) is 10.8. The van der Waals surface area contributed by atoms with E-state index in [1.807, 2.05) is 19.9 Å². The first-order chi connectivity index (χ1) is 16.0. The molecule has 3 aromatic rings. The van der Waals surface area contributed by atoms with E-state index in [-0.39, 0.29) is 24.1 Å². The fourth-order valence-corrected chi connectivity index (χ4v) is 3.25. The summed E-state index contributed by atoms with van der Waals surface area (Å²) in [5, 5.41) is 5.69. The van der Waals surface area contributed by atoms with Crippen molar-refractivity contribution in [3.8, 4) is 11.5 Å². The average Bonchev–Trinajstić information content (AvgIpc) is 2.81. The lowest BCUT2D eigenvalue weighted by Gasteiger charge is -2.18. The van der Waals surface area contributed by atoms with Gasteiger partial charge in [-0.05, 0) is 50.1 Å². The van der Waals surface area contributed by atoms with Crippen LogP contribution in [-0.4, -0.2) is 25.0 Å². The van der Waals surface area contributed by atoms with Crippen molar-refractivity contribution in [3.05, 3.63) is 83.7 Å². The molecule has 0 heterocycles. The Morgan fingerprint density at radius 3 is 2.06 bits per heavy atom. The van der Waals surface area contributed by atoms with Crippen LogP contribution in [0.15, 0.2) is 66.7 Å². The third-order valence-corrected chi connectivity index (χ3v) is 4.77. The van der Waals surface area contributed by atoms with Gasteiger partial charge < -0.3 is 20.1 Å². The van der Waals surface area contributed by atoms with E-state index in [4.69, 9.17) is 9.47 Å². The summed E-state index contributed by atoms with van der Waals surface area (Å²) in [6, 6.07) is 18.3. The number of hydrogen-bond donors (Lipinski definition) is 2. The van der Waals surface area contributed by atoms with Gasteiger partial charge in [-0.15, -0.1) is 0 Å². The maximum atomic E-state index is 13.4.